The summed E-state index contributed by atoms with van der Waals surface area (Å²) in [6.45, 7) is 0.541. The Labute approximate surface area is 190 Å². The smallest absolute Gasteiger partial charge is 0.253 e. The van der Waals surface area contributed by atoms with E-state index in [2.05, 4.69) is 16.0 Å². The molecule has 0 aliphatic heterocycles. The first-order valence-electron chi connectivity index (χ1n) is 11.1. The summed E-state index contributed by atoms with van der Waals surface area (Å²) in [5.41, 5.74) is 2.25. The third-order valence-electron chi connectivity index (χ3n) is 5.72. The zero-order chi connectivity index (χ0) is 21.9. The van der Waals surface area contributed by atoms with Crippen molar-refractivity contribution >= 4 is 34.8 Å². The molecule has 3 N–H and O–H groups in total. The van der Waals surface area contributed by atoms with Crippen LogP contribution in [0.2, 0.25) is 0 Å². The van der Waals surface area contributed by atoms with Gasteiger partial charge < -0.3 is 16.0 Å². The van der Waals surface area contributed by atoms with E-state index in [-0.39, 0.29) is 16.9 Å². The molecule has 0 atom stereocenters. The Bertz CT molecular complexity index is 879. The van der Waals surface area contributed by atoms with E-state index in [4.69, 9.17) is 12.2 Å². The number of amides is 2. The molecule has 1 saturated carbocycles. The molecular formula is C25H31N3O2S. The average Bonchev–Trinajstić information content (AvgIpc) is 2.79. The molecule has 1 aliphatic carbocycles. The Kier molecular flexibility index (Phi) is 9.03. The van der Waals surface area contributed by atoms with Gasteiger partial charge in [0.05, 0.1) is 11.3 Å². The summed E-state index contributed by atoms with van der Waals surface area (Å²) in [5.74, 6) is 0.402. The van der Waals surface area contributed by atoms with E-state index < -0.39 is 0 Å². The van der Waals surface area contributed by atoms with Crippen molar-refractivity contribution in [3.8, 4) is 0 Å². The third-order valence-corrected chi connectivity index (χ3v) is 5.92. The molecule has 6 heteroatoms. The number of benzene rings is 2. The fraction of sp³-hybridized carbons (Fsp3) is 0.400. The predicted octanol–water partition coefficient (Wildman–Crippen LogP) is 4.83. The SMILES string of the molecule is O=C(CCC1CCCCC1)NC(=S)Nc1ccccc1C(=O)NCCc1ccccc1. The molecule has 0 radical (unpaired) electrons. The Morgan fingerprint density at radius 2 is 1.65 bits per heavy atom. The van der Waals surface area contributed by atoms with Crippen LogP contribution in [0.5, 0.6) is 0 Å². The minimum atomic E-state index is -0.176. The van der Waals surface area contributed by atoms with Crippen molar-refractivity contribution in [3.63, 3.8) is 0 Å². The van der Waals surface area contributed by atoms with Crippen LogP contribution >= 0.6 is 12.2 Å². The van der Waals surface area contributed by atoms with Crippen molar-refractivity contribution in [2.75, 3.05) is 11.9 Å². The monoisotopic (exact) mass is 437 g/mol. The van der Waals surface area contributed by atoms with Gasteiger partial charge in [0, 0.05) is 13.0 Å². The van der Waals surface area contributed by atoms with Crippen molar-refractivity contribution in [2.45, 2.75) is 51.4 Å². The van der Waals surface area contributed by atoms with Crippen molar-refractivity contribution < 1.29 is 9.59 Å². The quantitative estimate of drug-likeness (QED) is 0.517. The van der Waals surface area contributed by atoms with E-state index in [0.717, 1.165) is 12.8 Å². The van der Waals surface area contributed by atoms with Gasteiger partial charge >= 0.3 is 0 Å². The minimum Gasteiger partial charge on any atom is -0.352 e. The van der Waals surface area contributed by atoms with Gasteiger partial charge in [-0.2, -0.15) is 0 Å². The highest BCUT2D eigenvalue weighted by Gasteiger charge is 2.16. The van der Waals surface area contributed by atoms with Crippen molar-refractivity contribution in [1.82, 2.24) is 10.6 Å². The molecule has 1 aliphatic rings. The molecule has 2 aromatic rings. The lowest BCUT2D eigenvalue weighted by atomic mass is 9.86. The van der Waals surface area contributed by atoms with E-state index in [9.17, 15) is 9.59 Å². The van der Waals surface area contributed by atoms with E-state index in [1.54, 1.807) is 12.1 Å². The zero-order valence-corrected chi connectivity index (χ0v) is 18.7. The number of hydrogen-bond acceptors (Lipinski definition) is 3. The van der Waals surface area contributed by atoms with E-state index in [1.165, 1.54) is 37.7 Å². The second-order valence-electron chi connectivity index (χ2n) is 8.08. The highest BCUT2D eigenvalue weighted by Crippen LogP contribution is 2.27. The molecule has 0 saturated heterocycles. The summed E-state index contributed by atoms with van der Waals surface area (Å²) < 4.78 is 0. The molecule has 0 aromatic heterocycles. The van der Waals surface area contributed by atoms with Crippen LogP contribution in [0.25, 0.3) is 0 Å². The summed E-state index contributed by atoms with van der Waals surface area (Å²) in [6.07, 6.45) is 8.47. The third kappa shape index (κ3) is 7.79. The van der Waals surface area contributed by atoms with Crippen LogP contribution in [0.15, 0.2) is 54.6 Å². The van der Waals surface area contributed by atoms with Gasteiger partial charge in [0.25, 0.3) is 5.91 Å². The van der Waals surface area contributed by atoms with Crippen LogP contribution in [0, 0.1) is 5.92 Å². The minimum absolute atomic E-state index is 0.0760. The average molecular weight is 438 g/mol. The van der Waals surface area contributed by atoms with E-state index in [1.807, 2.05) is 42.5 Å². The Morgan fingerprint density at radius 3 is 2.42 bits per heavy atom. The van der Waals surface area contributed by atoms with Crippen LogP contribution < -0.4 is 16.0 Å². The lowest BCUT2D eigenvalue weighted by Crippen LogP contribution is -2.35. The standard InChI is InChI=1S/C25H31N3O2S/c29-23(16-15-19-9-3-1-4-10-19)28-25(31)27-22-14-8-7-13-21(22)24(30)26-18-17-20-11-5-2-6-12-20/h2,5-8,11-14,19H,1,3-4,9-10,15-18H2,(H,26,30)(H2,27,28,29,31). The van der Waals surface area contributed by atoms with Gasteiger partial charge in [0.15, 0.2) is 5.11 Å². The fourth-order valence-electron chi connectivity index (χ4n) is 4.00. The van der Waals surface area contributed by atoms with Crippen LogP contribution in [0.1, 0.15) is 60.9 Å². The number of thiocarbonyl (C=S) groups is 1. The number of anilines is 1. The topological polar surface area (TPSA) is 70.2 Å². The summed E-state index contributed by atoms with van der Waals surface area (Å²) >= 11 is 5.31. The normalized spacial score (nSPS) is 13.9. The number of carbonyl (C=O) groups is 2. The molecule has 0 heterocycles. The Hall–Kier alpha value is -2.73. The molecule has 2 aromatic carbocycles. The Morgan fingerprint density at radius 1 is 0.935 bits per heavy atom. The first-order chi connectivity index (χ1) is 15.1. The van der Waals surface area contributed by atoms with Crippen LogP contribution in [-0.2, 0) is 11.2 Å². The van der Waals surface area contributed by atoms with Crippen molar-refractivity contribution in [2.24, 2.45) is 5.92 Å². The predicted molar refractivity (Wildman–Crippen MR) is 129 cm³/mol. The lowest BCUT2D eigenvalue weighted by molar-refractivity contribution is -0.120. The second-order valence-corrected chi connectivity index (χ2v) is 8.49. The van der Waals surface area contributed by atoms with Gasteiger partial charge in [0.2, 0.25) is 5.91 Å². The maximum atomic E-state index is 12.7. The van der Waals surface area contributed by atoms with Crippen molar-refractivity contribution in [1.29, 1.82) is 0 Å². The summed E-state index contributed by atoms with van der Waals surface area (Å²) in [5, 5.41) is 8.93. The van der Waals surface area contributed by atoms with E-state index in [0.29, 0.717) is 30.1 Å². The van der Waals surface area contributed by atoms with Gasteiger partial charge in [-0.25, -0.2) is 0 Å². The number of para-hydroxylation sites is 1. The fourth-order valence-corrected chi connectivity index (χ4v) is 4.23. The highest BCUT2D eigenvalue weighted by molar-refractivity contribution is 7.80. The lowest BCUT2D eigenvalue weighted by Gasteiger charge is -2.21. The Balaban J connectivity index is 1.46. The molecule has 1 fully saturated rings. The maximum Gasteiger partial charge on any atom is 0.253 e. The zero-order valence-electron chi connectivity index (χ0n) is 17.9. The highest BCUT2D eigenvalue weighted by atomic mass is 32.1. The molecule has 3 rings (SSSR count). The first kappa shape index (κ1) is 22.9. The largest absolute Gasteiger partial charge is 0.352 e. The van der Waals surface area contributed by atoms with Crippen LogP contribution in [0.3, 0.4) is 0 Å². The molecule has 0 spiro atoms. The van der Waals surface area contributed by atoms with Gasteiger partial charge in [-0.15, -0.1) is 0 Å². The van der Waals surface area contributed by atoms with Gasteiger partial charge in [-0.3, -0.25) is 9.59 Å². The van der Waals surface area contributed by atoms with Crippen LogP contribution in [0.4, 0.5) is 5.69 Å². The number of rotatable bonds is 8. The number of nitrogens with one attached hydrogen (secondary N) is 3. The van der Waals surface area contributed by atoms with Gasteiger partial charge in [-0.1, -0.05) is 74.6 Å². The van der Waals surface area contributed by atoms with E-state index >= 15 is 0 Å². The summed E-state index contributed by atoms with van der Waals surface area (Å²) in [7, 11) is 0. The molecule has 0 bridgehead atoms. The summed E-state index contributed by atoms with van der Waals surface area (Å²) in [4.78, 5) is 24.9. The van der Waals surface area contributed by atoms with Crippen LogP contribution in [-0.4, -0.2) is 23.5 Å². The molecule has 31 heavy (non-hydrogen) atoms. The molecule has 164 valence electrons. The van der Waals surface area contributed by atoms with Gasteiger partial charge in [-0.05, 0) is 48.7 Å². The maximum absolute atomic E-state index is 12.7. The first-order valence-corrected chi connectivity index (χ1v) is 11.5. The molecule has 2 amide bonds. The molecule has 0 unspecified atom stereocenters. The number of carbonyl (C=O) groups excluding carboxylic acids is 2. The summed E-state index contributed by atoms with van der Waals surface area (Å²) in [6, 6.07) is 17.2. The van der Waals surface area contributed by atoms with Gasteiger partial charge in [0.1, 0.15) is 0 Å². The van der Waals surface area contributed by atoms with Crippen molar-refractivity contribution in [3.05, 3.63) is 65.7 Å². The second kappa shape index (κ2) is 12.2. The molecule has 5 nitrogen and oxygen atoms in total. The number of hydrogen-bond donors (Lipinski definition) is 3. The molecular weight excluding hydrogens is 406 g/mol.